The highest BCUT2D eigenvalue weighted by molar-refractivity contribution is 5.21. The summed E-state index contributed by atoms with van der Waals surface area (Å²) < 4.78 is 0. The minimum Gasteiger partial charge on any atom is -0.302 e. The number of rotatable bonds is 3. The van der Waals surface area contributed by atoms with Crippen molar-refractivity contribution in [1.82, 2.24) is 4.90 Å². The first kappa shape index (κ1) is 13.6. The van der Waals surface area contributed by atoms with Crippen molar-refractivity contribution in [2.45, 2.75) is 40.0 Å². The highest BCUT2D eigenvalue weighted by atomic mass is 15.1. The minimum atomic E-state index is 0.421. The van der Waals surface area contributed by atoms with Gasteiger partial charge in [-0.1, -0.05) is 58.0 Å². The van der Waals surface area contributed by atoms with E-state index in [9.17, 15) is 0 Å². The Morgan fingerprint density at radius 1 is 1.22 bits per heavy atom. The van der Waals surface area contributed by atoms with Crippen molar-refractivity contribution in [3.05, 3.63) is 35.9 Å². The van der Waals surface area contributed by atoms with Gasteiger partial charge in [0, 0.05) is 13.1 Å². The lowest BCUT2D eigenvalue weighted by Gasteiger charge is -2.31. The van der Waals surface area contributed by atoms with E-state index < -0.39 is 0 Å². The molecule has 0 amide bonds. The van der Waals surface area contributed by atoms with Gasteiger partial charge in [0.2, 0.25) is 0 Å². The Balaban J connectivity index is 1.89. The number of hydrogen-bond acceptors (Lipinski definition) is 1. The summed E-state index contributed by atoms with van der Waals surface area (Å²) in [5.74, 6) is 1.50. The van der Waals surface area contributed by atoms with Crippen LogP contribution in [-0.2, 0) is 0 Å². The highest BCUT2D eigenvalue weighted by Crippen LogP contribution is 2.31. The second kappa shape index (κ2) is 5.44. The molecule has 0 spiro atoms. The number of likely N-dealkylation sites (tertiary alicyclic amines) is 1. The zero-order chi connectivity index (χ0) is 13.2. The van der Waals surface area contributed by atoms with Crippen LogP contribution in [0.3, 0.4) is 0 Å². The first-order valence-electron chi connectivity index (χ1n) is 7.24. The van der Waals surface area contributed by atoms with Crippen LogP contribution in [0.5, 0.6) is 0 Å². The average Bonchev–Trinajstić information content (AvgIpc) is 2.77. The molecule has 2 atom stereocenters. The van der Waals surface area contributed by atoms with Gasteiger partial charge in [-0.2, -0.15) is 0 Å². The number of benzene rings is 1. The third-order valence-corrected chi connectivity index (χ3v) is 4.55. The molecule has 1 aromatic carbocycles. The molecule has 18 heavy (non-hydrogen) atoms. The molecule has 0 radical (unpaired) electrons. The summed E-state index contributed by atoms with van der Waals surface area (Å²) >= 11 is 0. The Morgan fingerprint density at radius 2 is 1.89 bits per heavy atom. The van der Waals surface area contributed by atoms with E-state index >= 15 is 0 Å². The predicted octanol–water partition coefficient (Wildman–Crippen LogP) is 4.16. The van der Waals surface area contributed by atoms with Gasteiger partial charge in [0.1, 0.15) is 0 Å². The van der Waals surface area contributed by atoms with Crippen LogP contribution >= 0.6 is 0 Å². The van der Waals surface area contributed by atoms with E-state index in [1.54, 1.807) is 0 Å². The molecule has 0 bridgehead atoms. The molecule has 0 unspecified atom stereocenters. The zero-order valence-corrected chi connectivity index (χ0v) is 12.3. The van der Waals surface area contributed by atoms with Crippen LogP contribution in [-0.4, -0.2) is 24.5 Å². The van der Waals surface area contributed by atoms with Crippen molar-refractivity contribution in [2.24, 2.45) is 11.3 Å². The lowest BCUT2D eigenvalue weighted by molar-refractivity contribution is 0.181. The van der Waals surface area contributed by atoms with E-state index in [1.807, 2.05) is 0 Å². The molecular formula is C17H27N. The molecule has 1 saturated heterocycles. The number of nitrogens with zero attached hydrogens (tertiary/aromatic N) is 1. The molecule has 0 aliphatic carbocycles. The van der Waals surface area contributed by atoms with E-state index in [4.69, 9.17) is 0 Å². The van der Waals surface area contributed by atoms with E-state index in [2.05, 4.69) is 62.9 Å². The number of hydrogen-bond donors (Lipinski definition) is 0. The quantitative estimate of drug-likeness (QED) is 0.773. The third kappa shape index (κ3) is 3.35. The molecule has 1 aliphatic heterocycles. The smallest absolute Gasteiger partial charge is 0.00509 e. The maximum atomic E-state index is 2.65. The van der Waals surface area contributed by atoms with E-state index in [1.165, 1.54) is 31.6 Å². The van der Waals surface area contributed by atoms with Gasteiger partial charge in [-0.3, -0.25) is 0 Å². The largest absolute Gasteiger partial charge is 0.302 e. The second-order valence-electron chi connectivity index (χ2n) is 6.92. The topological polar surface area (TPSA) is 3.24 Å². The standard InChI is InChI=1S/C17H27N/c1-14(17(2,3)4)12-18-11-10-16(13-18)15-8-6-5-7-9-15/h5-9,14,16H,10-13H2,1-4H3/t14-,16-/m0/s1. The van der Waals surface area contributed by atoms with Gasteiger partial charge in [0.15, 0.2) is 0 Å². The second-order valence-corrected chi connectivity index (χ2v) is 6.92. The molecule has 2 rings (SSSR count). The van der Waals surface area contributed by atoms with Crippen LogP contribution in [0.15, 0.2) is 30.3 Å². The Hall–Kier alpha value is -0.820. The van der Waals surface area contributed by atoms with Crippen molar-refractivity contribution in [3.63, 3.8) is 0 Å². The summed E-state index contributed by atoms with van der Waals surface area (Å²) in [6, 6.07) is 11.0. The van der Waals surface area contributed by atoms with Crippen molar-refractivity contribution in [1.29, 1.82) is 0 Å². The Kier molecular flexibility index (Phi) is 4.11. The summed E-state index contributed by atoms with van der Waals surface area (Å²) in [6.45, 7) is 13.2. The molecule has 1 aromatic rings. The van der Waals surface area contributed by atoms with Crippen molar-refractivity contribution in [2.75, 3.05) is 19.6 Å². The van der Waals surface area contributed by atoms with Crippen LogP contribution in [0.1, 0.15) is 45.6 Å². The fraction of sp³-hybridized carbons (Fsp3) is 0.647. The maximum Gasteiger partial charge on any atom is 0.00509 e. The molecular weight excluding hydrogens is 218 g/mol. The van der Waals surface area contributed by atoms with Crippen molar-refractivity contribution >= 4 is 0 Å². The van der Waals surface area contributed by atoms with Crippen LogP contribution in [0, 0.1) is 11.3 Å². The van der Waals surface area contributed by atoms with Crippen LogP contribution < -0.4 is 0 Å². The highest BCUT2D eigenvalue weighted by Gasteiger charge is 2.28. The normalized spacial score (nSPS) is 23.2. The van der Waals surface area contributed by atoms with Gasteiger partial charge in [-0.05, 0) is 35.8 Å². The molecule has 1 nitrogen and oxygen atoms in total. The fourth-order valence-corrected chi connectivity index (χ4v) is 2.66. The SMILES string of the molecule is C[C@@H](CN1CC[C@H](c2ccccc2)C1)C(C)(C)C. The zero-order valence-electron chi connectivity index (χ0n) is 12.3. The molecule has 1 aliphatic rings. The Bertz CT molecular complexity index is 363. The summed E-state index contributed by atoms with van der Waals surface area (Å²) in [5, 5.41) is 0. The Morgan fingerprint density at radius 3 is 2.50 bits per heavy atom. The van der Waals surface area contributed by atoms with Crippen LogP contribution in [0.25, 0.3) is 0 Å². The minimum absolute atomic E-state index is 0.421. The van der Waals surface area contributed by atoms with Gasteiger partial charge < -0.3 is 4.90 Å². The summed E-state index contributed by atoms with van der Waals surface area (Å²) in [7, 11) is 0. The Labute approximate surface area is 112 Å². The molecule has 1 fully saturated rings. The molecule has 100 valence electrons. The van der Waals surface area contributed by atoms with E-state index in [0.29, 0.717) is 5.41 Å². The van der Waals surface area contributed by atoms with Gasteiger partial charge >= 0.3 is 0 Å². The molecule has 0 saturated carbocycles. The summed E-state index contributed by atoms with van der Waals surface area (Å²) in [6.07, 6.45) is 1.32. The molecule has 0 N–H and O–H groups in total. The predicted molar refractivity (Wildman–Crippen MR) is 78.9 cm³/mol. The maximum absolute atomic E-state index is 2.65. The van der Waals surface area contributed by atoms with Gasteiger partial charge in [-0.15, -0.1) is 0 Å². The average molecular weight is 245 g/mol. The van der Waals surface area contributed by atoms with E-state index in [0.717, 1.165) is 11.8 Å². The van der Waals surface area contributed by atoms with Crippen molar-refractivity contribution in [3.8, 4) is 0 Å². The lowest BCUT2D eigenvalue weighted by atomic mass is 9.82. The van der Waals surface area contributed by atoms with Gasteiger partial charge in [0.25, 0.3) is 0 Å². The van der Waals surface area contributed by atoms with Crippen molar-refractivity contribution < 1.29 is 0 Å². The van der Waals surface area contributed by atoms with E-state index in [-0.39, 0.29) is 0 Å². The third-order valence-electron chi connectivity index (χ3n) is 4.55. The molecule has 1 heteroatoms. The van der Waals surface area contributed by atoms with Crippen LogP contribution in [0.2, 0.25) is 0 Å². The monoisotopic (exact) mass is 245 g/mol. The fourth-order valence-electron chi connectivity index (χ4n) is 2.66. The van der Waals surface area contributed by atoms with Gasteiger partial charge in [0.05, 0.1) is 0 Å². The summed E-state index contributed by atoms with van der Waals surface area (Å²) in [5.41, 5.74) is 1.94. The summed E-state index contributed by atoms with van der Waals surface area (Å²) in [4.78, 5) is 2.65. The first-order valence-corrected chi connectivity index (χ1v) is 7.24. The first-order chi connectivity index (χ1) is 8.47. The van der Waals surface area contributed by atoms with Gasteiger partial charge in [-0.25, -0.2) is 0 Å². The molecule has 0 aromatic heterocycles. The van der Waals surface area contributed by atoms with Crippen LogP contribution in [0.4, 0.5) is 0 Å². The molecule has 1 heterocycles. The lowest BCUT2D eigenvalue weighted by Crippen LogP contribution is -2.32.